The third kappa shape index (κ3) is 3.72. The monoisotopic (exact) mass is 432 g/mol. The van der Waals surface area contributed by atoms with Gasteiger partial charge >= 0.3 is 6.18 Å². The normalized spacial score (nSPS) is 16.4. The van der Waals surface area contributed by atoms with Gasteiger partial charge in [0, 0.05) is 35.1 Å². The van der Waals surface area contributed by atoms with Crippen LogP contribution in [-0.2, 0) is 13.1 Å². The van der Waals surface area contributed by atoms with E-state index < -0.39 is 18.0 Å². The van der Waals surface area contributed by atoms with Gasteiger partial charge in [-0.05, 0) is 35.9 Å². The summed E-state index contributed by atoms with van der Waals surface area (Å²) in [6, 6.07) is 5.87. The van der Waals surface area contributed by atoms with E-state index >= 15 is 0 Å². The second-order valence-electron chi connectivity index (χ2n) is 6.19. The molecular weight excluding hydrogens is 419 g/mol. The molecule has 10 heteroatoms. The highest BCUT2D eigenvalue weighted by Crippen LogP contribution is 2.38. The summed E-state index contributed by atoms with van der Waals surface area (Å²) in [6.45, 7) is -0.420. The van der Waals surface area contributed by atoms with Gasteiger partial charge in [-0.2, -0.15) is 18.3 Å². The van der Waals surface area contributed by atoms with E-state index in [2.05, 4.69) is 15.4 Å². The van der Waals surface area contributed by atoms with Gasteiger partial charge in [-0.3, -0.25) is 15.0 Å². The van der Waals surface area contributed by atoms with Crippen molar-refractivity contribution in [2.75, 3.05) is 0 Å². The quantitative estimate of drug-likeness (QED) is 0.588. The molecule has 1 aliphatic heterocycles. The smallest absolute Gasteiger partial charge is 0.299 e. The Morgan fingerprint density at radius 3 is 2.50 bits per heavy atom. The summed E-state index contributed by atoms with van der Waals surface area (Å²) in [5.74, 6) is -0.589. The molecule has 3 aromatic rings. The SMILES string of the molecule is Cl.Fc1cc(Cl)ccc1-c1nn2c(c1-c1ccncc1)CNC(C(F)(F)F)C2. The lowest BCUT2D eigenvalue weighted by atomic mass is 9.98. The second kappa shape index (κ2) is 7.69. The van der Waals surface area contributed by atoms with E-state index in [0.717, 1.165) is 6.07 Å². The molecule has 4 rings (SSSR count). The molecule has 0 amide bonds. The van der Waals surface area contributed by atoms with Gasteiger partial charge in [0.2, 0.25) is 0 Å². The van der Waals surface area contributed by atoms with Crippen molar-refractivity contribution in [3.8, 4) is 22.4 Å². The van der Waals surface area contributed by atoms with E-state index in [1.807, 2.05) is 0 Å². The molecule has 0 saturated heterocycles. The van der Waals surface area contributed by atoms with E-state index in [0.29, 0.717) is 16.8 Å². The highest BCUT2D eigenvalue weighted by atomic mass is 35.5. The molecule has 1 N–H and O–H groups in total. The topological polar surface area (TPSA) is 42.7 Å². The number of halogens is 6. The van der Waals surface area contributed by atoms with Crippen LogP contribution >= 0.6 is 24.0 Å². The maximum atomic E-state index is 14.5. The van der Waals surface area contributed by atoms with Crippen molar-refractivity contribution in [2.24, 2.45) is 0 Å². The van der Waals surface area contributed by atoms with Crippen LogP contribution in [0.3, 0.4) is 0 Å². The Morgan fingerprint density at radius 2 is 1.86 bits per heavy atom. The number of aromatic nitrogens is 3. The molecule has 1 aromatic carbocycles. The standard InChI is InChI=1S/C18H13ClF4N4.ClH/c19-11-1-2-12(13(20)7-11)17-16(10-3-5-24-6-4-10)14-8-25-15(18(21,22)23)9-27(14)26-17;/h1-7,15,25H,8-9H2;1H. The molecule has 0 fully saturated rings. The zero-order valence-electron chi connectivity index (χ0n) is 14.2. The Kier molecular flexibility index (Phi) is 5.65. The summed E-state index contributed by atoms with van der Waals surface area (Å²) in [5.41, 5.74) is 2.28. The highest BCUT2D eigenvalue weighted by Gasteiger charge is 2.42. The van der Waals surface area contributed by atoms with Crippen LogP contribution in [-0.4, -0.2) is 27.0 Å². The average Bonchev–Trinajstić information content (AvgIpc) is 3.00. The van der Waals surface area contributed by atoms with Crippen LogP contribution in [0, 0.1) is 5.82 Å². The molecule has 1 aliphatic rings. The summed E-state index contributed by atoms with van der Waals surface area (Å²) >= 11 is 5.82. The third-order valence-corrected chi connectivity index (χ3v) is 4.71. The second-order valence-corrected chi connectivity index (χ2v) is 6.62. The van der Waals surface area contributed by atoms with Gasteiger partial charge in [-0.25, -0.2) is 4.39 Å². The van der Waals surface area contributed by atoms with E-state index in [-0.39, 0.29) is 41.8 Å². The Morgan fingerprint density at radius 1 is 1.14 bits per heavy atom. The molecule has 0 spiro atoms. The minimum Gasteiger partial charge on any atom is -0.299 e. The molecule has 0 aliphatic carbocycles. The molecule has 0 bridgehead atoms. The van der Waals surface area contributed by atoms with Gasteiger partial charge in [-0.1, -0.05) is 11.6 Å². The Balaban J connectivity index is 0.00000225. The Hall–Kier alpha value is -2.16. The maximum absolute atomic E-state index is 14.5. The molecule has 148 valence electrons. The average molecular weight is 433 g/mol. The maximum Gasteiger partial charge on any atom is 0.405 e. The van der Waals surface area contributed by atoms with Gasteiger partial charge in [0.05, 0.1) is 12.2 Å². The number of rotatable bonds is 2. The van der Waals surface area contributed by atoms with Gasteiger partial charge < -0.3 is 0 Å². The van der Waals surface area contributed by atoms with E-state index in [1.165, 1.54) is 16.8 Å². The van der Waals surface area contributed by atoms with Crippen LogP contribution in [0.15, 0.2) is 42.7 Å². The summed E-state index contributed by atoms with van der Waals surface area (Å²) in [7, 11) is 0. The van der Waals surface area contributed by atoms with Crippen LogP contribution < -0.4 is 5.32 Å². The number of nitrogens with one attached hydrogen (secondary N) is 1. The van der Waals surface area contributed by atoms with Crippen molar-refractivity contribution in [1.82, 2.24) is 20.1 Å². The highest BCUT2D eigenvalue weighted by molar-refractivity contribution is 6.30. The number of hydrogen-bond donors (Lipinski definition) is 1. The number of hydrogen-bond acceptors (Lipinski definition) is 3. The van der Waals surface area contributed by atoms with Crippen molar-refractivity contribution >= 4 is 24.0 Å². The molecule has 2 aromatic heterocycles. The lowest BCUT2D eigenvalue weighted by Crippen LogP contribution is -2.48. The van der Waals surface area contributed by atoms with Crippen molar-refractivity contribution in [1.29, 1.82) is 0 Å². The number of benzene rings is 1. The summed E-state index contributed by atoms with van der Waals surface area (Å²) in [5, 5.41) is 7.05. The van der Waals surface area contributed by atoms with Gasteiger partial charge in [0.1, 0.15) is 17.6 Å². The van der Waals surface area contributed by atoms with E-state index in [4.69, 9.17) is 11.6 Å². The molecule has 1 unspecified atom stereocenters. The summed E-state index contributed by atoms with van der Waals surface area (Å²) in [6.07, 6.45) is -1.27. The minimum absolute atomic E-state index is 0. The molecule has 0 radical (unpaired) electrons. The predicted octanol–water partition coefficient (Wildman–Crippen LogP) is 4.86. The first-order chi connectivity index (χ1) is 12.8. The van der Waals surface area contributed by atoms with Crippen LogP contribution in [0.1, 0.15) is 5.69 Å². The first-order valence-corrected chi connectivity index (χ1v) is 8.48. The lowest BCUT2D eigenvalue weighted by molar-refractivity contribution is -0.162. The Labute approximate surface area is 168 Å². The van der Waals surface area contributed by atoms with E-state index in [1.54, 1.807) is 24.5 Å². The lowest BCUT2D eigenvalue weighted by Gasteiger charge is -2.27. The summed E-state index contributed by atoms with van der Waals surface area (Å²) in [4.78, 5) is 3.96. The van der Waals surface area contributed by atoms with Gasteiger partial charge in [-0.15, -0.1) is 12.4 Å². The van der Waals surface area contributed by atoms with Crippen LogP contribution in [0.25, 0.3) is 22.4 Å². The number of fused-ring (bicyclic) bond motifs is 1. The van der Waals surface area contributed by atoms with E-state index in [9.17, 15) is 17.6 Å². The summed E-state index contributed by atoms with van der Waals surface area (Å²) < 4.78 is 55.2. The number of pyridine rings is 1. The van der Waals surface area contributed by atoms with Crippen molar-refractivity contribution < 1.29 is 17.6 Å². The minimum atomic E-state index is -4.40. The van der Waals surface area contributed by atoms with Crippen LogP contribution in [0.4, 0.5) is 17.6 Å². The van der Waals surface area contributed by atoms with Gasteiger partial charge in [0.25, 0.3) is 0 Å². The molecular formula is C18H14Cl2F4N4. The largest absolute Gasteiger partial charge is 0.405 e. The predicted molar refractivity (Wildman–Crippen MR) is 99.8 cm³/mol. The first kappa shape index (κ1) is 20.6. The molecule has 1 atom stereocenters. The molecule has 28 heavy (non-hydrogen) atoms. The molecule has 0 saturated carbocycles. The Bertz CT molecular complexity index is 989. The van der Waals surface area contributed by atoms with Gasteiger partial charge in [0.15, 0.2) is 0 Å². The zero-order chi connectivity index (χ0) is 19.2. The van der Waals surface area contributed by atoms with Crippen molar-refractivity contribution in [3.05, 3.63) is 59.3 Å². The van der Waals surface area contributed by atoms with Crippen LogP contribution in [0.2, 0.25) is 5.02 Å². The number of nitrogens with zero attached hydrogens (tertiary/aromatic N) is 3. The fraction of sp³-hybridized carbons (Fsp3) is 0.222. The van der Waals surface area contributed by atoms with Crippen molar-refractivity contribution in [2.45, 2.75) is 25.3 Å². The first-order valence-electron chi connectivity index (χ1n) is 8.10. The zero-order valence-corrected chi connectivity index (χ0v) is 15.7. The third-order valence-electron chi connectivity index (χ3n) is 4.48. The number of alkyl halides is 3. The molecule has 4 nitrogen and oxygen atoms in total. The fourth-order valence-corrected chi connectivity index (χ4v) is 3.35. The fourth-order valence-electron chi connectivity index (χ4n) is 3.20. The van der Waals surface area contributed by atoms with Crippen LogP contribution in [0.5, 0.6) is 0 Å². The molecule has 3 heterocycles. The van der Waals surface area contributed by atoms with Crippen molar-refractivity contribution in [3.63, 3.8) is 0 Å².